The maximum Gasteiger partial charge on any atom is 0.408 e. The number of carboxylic acid groups (broad SMARTS) is 1. The molecule has 2 amide bonds. The third-order valence-corrected chi connectivity index (χ3v) is 4.48. The molecule has 0 bridgehead atoms. The summed E-state index contributed by atoms with van der Waals surface area (Å²) in [5.74, 6) is -2.42. The number of hydrogen-bond acceptors (Lipinski definition) is 7. The van der Waals surface area contributed by atoms with Crippen molar-refractivity contribution in [2.24, 2.45) is 0 Å². The molecule has 32 heavy (non-hydrogen) atoms. The van der Waals surface area contributed by atoms with Gasteiger partial charge < -0.3 is 25.6 Å². The summed E-state index contributed by atoms with van der Waals surface area (Å²) in [6, 6.07) is 11.3. The van der Waals surface area contributed by atoms with Gasteiger partial charge in [-0.1, -0.05) is 48.5 Å². The number of aliphatic hydroxyl groups excluding tert-OH is 1. The van der Waals surface area contributed by atoms with E-state index in [2.05, 4.69) is 10.6 Å². The van der Waals surface area contributed by atoms with Crippen LogP contribution in [0.25, 0.3) is 0 Å². The number of benzene rings is 2. The van der Waals surface area contributed by atoms with Gasteiger partial charge in [0.05, 0.1) is 11.0 Å². The Balaban J connectivity index is 2.05. The predicted molar refractivity (Wildman–Crippen MR) is 112 cm³/mol. The molecule has 0 aromatic heterocycles. The summed E-state index contributed by atoms with van der Waals surface area (Å²) in [5, 5.41) is 34.9. The van der Waals surface area contributed by atoms with Crippen LogP contribution in [-0.2, 0) is 27.4 Å². The fourth-order valence-corrected chi connectivity index (χ4v) is 2.84. The number of aliphatic carboxylic acids is 1. The van der Waals surface area contributed by atoms with Gasteiger partial charge in [0.15, 0.2) is 0 Å². The smallest absolute Gasteiger partial charge is 0.408 e. The van der Waals surface area contributed by atoms with E-state index in [1.54, 1.807) is 30.3 Å². The zero-order chi connectivity index (χ0) is 23.7. The van der Waals surface area contributed by atoms with Gasteiger partial charge in [-0.05, 0) is 12.5 Å². The van der Waals surface area contributed by atoms with Crippen LogP contribution in [0.5, 0.6) is 0 Å². The summed E-state index contributed by atoms with van der Waals surface area (Å²) in [6.45, 7) is 1.16. The normalized spacial score (nSPS) is 13.3. The summed E-state index contributed by atoms with van der Waals surface area (Å²) in [7, 11) is 0. The topological polar surface area (TPSA) is 168 Å². The van der Waals surface area contributed by atoms with Gasteiger partial charge in [0.1, 0.15) is 18.7 Å². The minimum absolute atomic E-state index is 0.0732. The maximum absolute atomic E-state index is 12.6. The number of rotatable bonds is 10. The van der Waals surface area contributed by atoms with Gasteiger partial charge in [-0.15, -0.1) is 0 Å². The predicted octanol–water partition coefficient (Wildman–Crippen LogP) is 1.38. The number of hydrogen-bond donors (Lipinski definition) is 4. The van der Waals surface area contributed by atoms with Crippen LogP contribution in [0.2, 0.25) is 0 Å². The molecule has 0 aliphatic carbocycles. The minimum Gasteiger partial charge on any atom is -0.480 e. The van der Waals surface area contributed by atoms with E-state index in [0.717, 1.165) is 0 Å². The lowest BCUT2D eigenvalue weighted by Crippen LogP contribution is -2.56. The Kier molecular flexibility index (Phi) is 8.66. The second-order valence-electron chi connectivity index (χ2n) is 6.91. The molecule has 0 radical (unpaired) electrons. The number of aliphatic hydroxyl groups is 1. The van der Waals surface area contributed by atoms with Crippen molar-refractivity contribution in [2.45, 2.75) is 38.1 Å². The highest BCUT2D eigenvalue weighted by atomic mass is 16.6. The van der Waals surface area contributed by atoms with Crippen LogP contribution >= 0.6 is 0 Å². The quantitative estimate of drug-likeness (QED) is 0.314. The van der Waals surface area contributed by atoms with Gasteiger partial charge in [0.25, 0.3) is 5.69 Å². The molecular formula is C21H23N3O8. The number of carbonyl (C=O) groups excluding carboxylic acids is 2. The fourth-order valence-electron chi connectivity index (χ4n) is 2.84. The van der Waals surface area contributed by atoms with Crippen molar-refractivity contribution in [3.63, 3.8) is 0 Å². The summed E-state index contributed by atoms with van der Waals surface area (Å²) in [6.07, 6.45) is -2.73. The highest BCUT2D eigenvalue weighted by Gasteiger charge is 2.31. The van der Waals surface area contributed by atoms with Crippen molar-refractivity contribution < 1.29 is 34.3 Å². The Labute approximate surface area is 183 Å². The van der Waals surface area contributed by atoms with Gasteiger partial charge in [-0.25, -0.2) is 9.59 Å². The van der Waals surface area contributed by atoms with Crippen LogP contribution in [0.4, 0.5) is 10.5 Å². The number of carboxylic acids is 1. The summed E-state index contributed by atoms with van der Waals surface area (Å²) in [5.41, 5.74) is 0.521. The van der Waals surface area contributed by atoms with E-state index in [0.29, 0.717) is 5.56 Å². The number of carbonyl (C=O) groups is 3. The second-order valence-corrected chi connectivity index (χ2v) is 6.91. The van der Waals surface area contributed by atoms with E-state index in [4.69, 9.17) is 4.74 Å². The molecule has 0 unspecified atom stereocenters. The van der Waals surface area contributed by atoms with Crippen LogP contribution in [0, 0.1) is 10.1 Å². The largest absolute Gasteiger partial charge is 0.480 e. The van der Waals surface area contributed by atoms with Crippen molar-refractivity contribution in [3.05, 3.63) is 75.8 Å². The van der Waals surface area contributed by atoms with Crippen LogP contribution < -0.4 is 10.6 Å². The van der Waals surface area contributed by atoms with Gasteiger partial charge >= 0.3 is 12.1 Å². The first-order chi connectivity index (χ1) is 15.2. The number of alkyl carbamates (subject to hydrolysis) is 1. The monoisotopic (exact) mass is 445 g/mol. The number of para-hydroxylation sites is 1. The summed E-state index contributed by atoms with van der Waals surface area (Å²) in [4.78, 5) is 46.8. The number of nitrogens with one attached hydrogen (secondary N) is 2. The van der Waals surface area contributed by atoms with Gasteiger partial charge in [-0.3, -0.25) is 14.9 Å². The molecule has 2 aromatic carbocycles. The van der Waals surface area contributed by atoms with Crippen LogP contribution in [-0.4, -0.2) is 51.3 Å². The second kappa shape index (κ2) is 11.4. The minimum atomic E-state index is -1.54. The molecule has 2 aromatic rings. The molecule has 11 heteroatoms. The van der Waals surface area contributed by atoms with Gasteiger partial charge in [0, 0.05) is 18.1 Å². The average Bonchev–Trinajstić information content (AvgIpc) is 2.76. The molecule has 2 rings (SSSR count). The van der Waals surface area contributed by atoms with Gasteiger partial charge in [-0.2, -0.15) is 0 Å². The van der Waals surface area contributed by atoms with E-state index in [9.17, 15) is 34.7 Å². The molecule has 0 aliphatic heterocycles. The highest BCUT2D eigenvalue weighted by molar-refractivity contribution is 5.89. The summed E-state index contributed by atoms with van der Waals surface area (Å²) >= 11 is 0. The third kappa shape index (κ3) is 7.06. The molecule has 3 atom stereocenters. The zero-order valence-corrected chi connectivity index (χ0v) is 17.1. The molecular weight excluding hydrogens is 422 g/mol. The van der Waals surface area contributed by atoms with Crippen molar-refractivity contribution in [1.82, 2.24) is 10.6 Å². The number of nitro benzene ring substituents is 1. The molecule has 0 saturated heterocycles. The van der Waals surface area contributed by atoms with Crippen molar-refractivity contribution in [2.75, 3.05) is 0 Å². The lowest BCUT2D eigenvalue weighted by atomic mass is 10.0. The number of amides is 2. The zero-order valence-electron chi connectivity index (χ0n) is 17.1. The molecule has 170 valence electrons. The number of nitro groups is 1. The van der Waals surface area contributed by atoms with E-state index in [-0.39, 0.29) is 24.3 Å². The van der Waals surface area contributed by atoms with Gasteiger partial charge in [0.2, 0.25) is 5.91 Å². The molecule has 4 N–H and O–H groups in total. The number of ether oxygens (including phenoxy) is 1. The first-order valence-corrected chi connectivity index (χ1v) is 9.59. The van der Waals surface area contributed by atoms with Crippen molar-refractivity contribution >= 4 is 23.7 Å². The lowest BCUT2D eigenvalue weighted by molar-refractivity contribution is -0.385. The number of nitrogens with zero attached hydrogens (tertiary/aromatic N) is 1. The Morgan fingerprint density at radius 1 is 1.06 bits per heavy atom. The molecule has 0 heterocycles. The standard InChI is InChI=1S/C21H23N3O8/c1-13(25)18(23-21(29)32-12-14-7-3-2-4-8-14)19(26)22-16(20(27)28)11-15-9-5-6-10-17(15)24(30)31/h2-10,13,16,18,25H,11-12H2,1H3,(H,22,26)(H,23,29)(H,27,28)/t13-,16+,18+/m1/s1. The van der Waals surface area contributed by atoms with Crippen LogP contribution in [0.1, 0.15) is 18.1 Å². The maximum atomic E-state index is 12.6. The molecule has 0 saturated carbocycles. The van der Waals surface area contributed by atoms with Crippen molar-refractivity contribution in [3.8, 4) is 0 Å². The molecule has 0 spiro atoms. The van der Waals surface area contributed by atoms with E-state index in [1.165, 1.54) is 31.2 Å². The first-order valence-electron chi connectivity index (χ1n) is 9.59. The highest BCUT2D eigenvalue weighted by Crippen LogP contribution is 2.19. The van der Waals surface area contributed by atoms with E-state index >= 15 is 0 Å². The van der Waals surface area contributed by atoms with E-state index < -0.39 is 41.1 Å². The lowest BCUT2D eigenvalue weighted by Gasteiger charge is -2.23. The van der Waals surface area contributed by atoms with Crippen LogP contribution in [0.15, 0.2) is 54.6 Å². The molecule has 0 aliphatic rings. The third-order valence-electron chi connectivity index (χ3n) is 4.48. The van der Waals surface area contributed by atoms with Crippen LogP contribution in [0.3, 0.4) is 0 Å². The Bertz CT molecular complexity index is 965. The average molecular weight is 445 g/mol. The first kappa shape index (κ1) is 24.3. The Morgan fingerprint density at radius 3 is 2.28 bits per heavy atom. The van der Waals surface area contributed by atoms with E-state index in [1.807, 2.05) is 0 Å². The Hall–Kier alpha value is -3.99. The fraction of sp³-hybridized carbons (Fsp3) is 0.286. The molecule has 11 nitrogen and oxygen atoms in total. The summed E-state index contributed by atoms with van der Waals surface area (Å²) < 4.78 is 5.02. The Morgan fingerprint density at radius 2 is 1.69 bits per heavy atom. The van der Waals surface area contributed by atoms with Crippen molar-refractivity contribution in [1.29, 1.82) is 0 Å². The SMILES string of the molecule is C[C@@H](O)[C@H](NC(=O)OCc1ccccc1)C(=O)N[C@@H](Cc1ccccc1[N+](=O)[O-])C(=O)O. The molecule has 0 fully saturated rings.